The molecule has 0 rings (SSSR count). The number of carbonyl (C=O) groups excluding carboxylic acids is 2. The van der Waals surface area contributed by atoms with E-state index in [0.717, 1.165) is 13.8 Å². The van der Waals surface area contributed by atoms with Gasteiger partial charge < -0.3 is 4.74 Å². The predicted molar refractivity (Wildman–Crippen MR) is 50.6 cm³/mol. The van der Waals surface area contributed by atoms with E-state index in [2.05, 4.69) is 0 Å². The lowest BCUT2D eigenvalue weighted by Crippen LogP contribution is -2.29. The van der Waals surface area contributed by atoms with Crippen molar-refractivity contribution in [2.75, 3.05) is 6.61 Å². The number of halogens is 1. The van der Waals surface area contributed by atoms with Crippen LogP contribution in [0.25, 0.3) is 0 Å². The van der Waals surface area contributed by atoms with Gasteiger partial charge in [0.2, 0.25) is 0 Å². The number of hydrogen-bond acceptors (Lipinski definition) is 3. The Morgan fingerprint density at radius 1 is 1.36 bits per heavy atom. The maximum absolute atomic E-state index is 13.0. The molecule has 0 amide bonds. The Labute approximate surface area is 83.6 Å². The normalized spacial score (nSPS) is 11.6. The first-order valence-electron chi connectivity index (χ1n) is 4.61. The number of carbonyl (C=O) groups is 2. The molecule has 0 aromatic rings. The van der Waals surface area contributed by atoms with Crippen molar-refractivity contribution in [2.24, 2.45) is 5.92 Å². The van der Waals surface area contributed by atoms with Crippen molar-refractivity contribution in [3.8, 4) is 0 Å². The number of rotatable bonds is 5. The largest absolute Gasteiger partial charge is 0.465 e. The van der Waals surface area contributed by atoms with Gasteiger partial charge in [-0.05, 0) is 19.8 Å². The van der Waals surface area contributed by atoms with Gasteiger partial charge in [-0.25, -0.2) is 4.39 Å². The van der Waals surface area contributed by atoms with Gasteiger partial charge in [0, 0.05) is 0 Å². The molecule has 0 aliphatic rings. The number of alkyl halides is 1. The van der Waals surface area contributed by atoms with Crippen LogP contribution in [0.2, 0.25) is 0 Å². The Morgan fingerprint density at radius 3 is 2.21 bits per heavy atom. The van der Waals surface area contributed by atoms with Crippen LogP contribution >= 0.6 is 0 Å². The highest BCUT2D eigenvalue weighted by Crippen LogP contribution is 2.12. The molecule has 3 nitrogen and oxygen atoms in total. The summed E-state index contributed by atoms with van der Waals surface area (Å²) < 4.78 is 17.7. The Balaban J connectivity index is 3.90. The highest BCUT2D eigenvalue weighted by atomic mass is 19.1. The van der Waals surface area contributed by atoms with E-state index in [9.17, 15) is 14.0 Å². The van der Waals surface area contributed by atoms with E-state index in [1.54, 1.807) is 0 Å². The molecular weight excluding hydrogens is 187 g/mol. The zero-order chi connectivity index (χ0) is 11.4. The zero-order valence-corrected chi connectivity index (χ0v) is 9.09. The number of ketones is 1. The third-order valence-corrected chi connectivity index (χ3v) is 1.55. The van der Waals surface area contributed by atoms with Gasteiger partial charge in [-0.1, -0.05) is 13.8 Å². The van der Waals surface area contributed by atoms with Gasteiger partial charge in [0.05, 0.1) is 6.61 Å². The Morgan fingerprint density at radius 2 is 1.86 bits per heavy atom. The average molecular weight is 204 g/mol. The van der Waals surface area contributed by atoms with E-state index >= 15 is 0 Å². The summed E-state index contributed by atoms with van der Waals surface area (Å²) in [5, 5.41) is 0. The third kappa shape index (κ3) is 5.67. The number of ether oxygens (including phenoxy) is 1. The molecule has 82 valence electrons. The fraction of sp³-hybridized carbons (Fsp3) is 0.800. The highest BCUT2D eigenvalue weighted by Gasteiger charge is 2.28. The lowest BCUT2D eigenvalue weighted by Gasteiger charge is -2.12. The summed E-state index contributed by atoms with van der Waals surface area (Å²) in [5.74, 6) is -1.19. The van der Waals surface area contributed by atoms with E-state index in [1.807, 2.05) is 13.8 Å². The molecule has 0 saturated carbocycles. The maximum atomic E-state index is 13.0. The molecule has 0 heterocycles. The minimum Gasteiger partial charge on any atom is -0.465 e. The topological polar surface area (TPSA) is 43.4 Å². The summed E-state index contributed by atoms with van der Waals surface area (Å²) in [6, 6.07) is 0. The molecule has 0 spiro atoms. The van der Waals surface area contributed by atoms with Crippen LogP contribution in [0.5, 0.6) is 0 Å². The van der Waals surface area contributed by atoms with Crippen molar-refractivity contribution in [3.63, 3.8) is 0 Å². The fourth-order valence-corrected chi connectivity index (χ4v) is 0.652. The van der Waals surface area contributed by atoms with Crippen LogP contribution in [0.3, 0.4) is 0 Å². The lowest BCUT2D eigenvalue weighted by molar-refractivity contribution is -0.149. The Hall–Kier alpha value is -0.930. The van der Waals surface area contributed by atoms with E-state index < -0.39 is 23.8 Å². The van der Waals surface area contributed by atoms with Gasteiger partial charge in [0.1, 0.15) is 6.42 Å². The van der Waals surface area contributed by atoms with Crippen LogP contribution in [0.15, 0.2) is 0 Å². The first-order chi connectivity index (χ1) is 6.23. The third-order valence-electron chi connectivity index (χ3n) is 1.55. The van der Waals surface area contributed by atoms with E-state index in [0.29, 0.717) is 0 Å². The van der Waals surface area contributed by atoms with Gasteiger partial charge in [-0.2, -0.15) is 0 Å². The van der Waals surface area contributed by atoms with Crippen molar-refractivity contribution in [3.05, 3.63) is 0 Å². The highest BCUT2D eigenvalue weighted by molar-refractivity contribution is 5.99. The fourth-order valence-electron chi connectivity index (χ4n) is 0.652. The number of Topliss-reactive ketones (excluding diaryl/α,β-unsaturated/α-hetero) is 1. The zero-order valence-electron chi connectivity index (χ0n) is 9.09. The molecule has 0 aliphatic carbocycles. The summed E-state index contributed by atoms with van der Waals surface area (Å²) in [6.45, 7) is 6.29. The van der Waals surface area contributed by atoms with Crippen molar-refractivity contribution < 1.29 is 18.7 Å². The van der Waals surface area contributed by atoms with Crippen LogP contribution in [0, 0.1) is 5.92 Å². The predicted octanol–water partition coefficient (Wildman–Crippen LogP) is 1.89. The standard InChI is InChI=1S/C10H17FO3/c1-7(2)6-14-9(13)5-8(12)10(3,4)11/h7H,5-6H2,1-4H3. The van der Waals surface area contributed by atoms with Crippen molar-refractivity contribution in [2.45, 2.75) is 39.8 Å². The molecule has 0 aromatic heterocycles. The molecule has 0 bridgehead atoms. The molecule has 0 aliphatic heterocycles. The second kappa shape index (κ2) is 5.08. The van der Waals surface area contributed by atoms with E-state index in [-0.39, 0.29) is 12.5 Å². The van der Waals surface area contributed by atoms with Crippen LogP contribution < -0.4 is 0 Å². The molecule has 14 heavy (non-hydrogen) atoms. The van der Waals surface area contributed by atoms with Crippen molar-refractivity contribution in [1.29, 1.82) is 0 Å². The molecule has 4 heteroatoms. The molecule has 0 N–H and O–H groups in total. The van der Waals surface area contributed by atoms with Gasteiger partial charge in [0.25, 0.3) is 0 Å². The lowest BCUT2D eigenvalue weighted by atomic mass is 10.0. The maximum Gasteiger partial charge on any atom is 0.313 e. The Kier molecular flexibility index (Phi) is 4.74. The van der Waals surface area contributed by atoms with E-state index in [1.165, 1.54) is 0 Å². The molecular formula is C10H17FO3. The first kappa shape index (κ1) is 13.1. The molecule has 0 fully saturated rings. The average Bonchev–Trinajstić information content (AvgIpc) is 1.99. The summed E-state index contributed by atoms with van der Waals surface area (Å²) in [5.41, 5.74) is -1.96. The van der Waals surface area contributed by atoms with E-state index in [4.69, 9.17) is 4.74 Å². The minimum atomic E-state index is -1.96. The summed E-state index contributed by atoms with van der Waals surface area (Å²) in [4.78, 5) is 22.0. The van der Waals surface area contributed by atoms with Gasteiger partial charge in [-0.15, -0.1) is 0 Å². The molecule has 0 aromatic carbocycles. The van der Waals surface area contributed by atoms with Crippen LogP contribution in [-0.2, 0) is 14.3 Å². The van der Waals surface area contributed by atoms with Crippen molar-refractivity contribution >= 4 is 11.8 Å². The number of hydrogen-bond donors (Lipinski definition) is 0. The van der Waals surface area contributed by atoms with Crippen molar-refractivity contribution in [1.82, 2.24) is 0 Å². The molecule has 0 unspecified atom stereocenters. The van der Waals surface area contributed by atoms with Gasteiger partial charge in [-0.3, -0.25) is 9.59 Å². The summed E-state index contributed by atoms with van der Waals surface area (Å²) in [6.07, 6.45) is -0.490. The SMILES string of the molecule is CC(C)COC(=O)CC(=O)C(C)(C)F. The quantitative estimate of drug-likeness (QED) is 0.507. The van der Waals surface area contributed by atoms with Crippen LogP contribution in [-0.4, -0.2) is 24.0 Å². The Bertz CT molecular complexity index is 216. The smallest absolute Gasteiger partial charge is 0.313 e. The van der Waals surface area contributed by atoms with Gasteiger partial charge >= 0.3 is 5.97 Å². The monoisotopic (exact) mass is 204 g/mol. The summed E-state index contributed by atoms with van der Waals surface area (Å²) in [7, 11) is 0. The molecule has 0 atom stereocenters. The number of esters is 1. The summed E-state index contributed by atoms with van der Waals surface area (Å²) >= 11 is 0. The second-order valence-corrected chi connectivity index (χ2v) is 4.15. The van der Waals surface area contributed by atoms with Gasteiger partial charge in [0.15, 0.2) is 11.5 Å². The first-order valence-corrected chi connectivity index (χ1v) is 4.61. The molecule has 0 radical (unpaired) electrons. The van der Waals surface area contributed by atoms with Crippen LogP contribution in [0.1, 0.15) is 34.1 Å². The molecule has 0 saturated heterocycles. The van der Waals surface area contributed by atoms with Crippen LogP contribution in [0.4, 0.5) is 4.39 Å². The minimum absolute atomic E-state index is 0.215. The second-order valence-electron chi connectivity index (χ2n) is 4.15.